The van der Waals surface area contributed by atoms with Crippen molar-refractivity contribution in [3.8, 4) is 0 Å². The first-order chi connectivity index (χ1) is 18.2. The van der Waals surface area contributed by atoms with Gasteiger partial charge in [0.15, 0.2) is 5.78 Å². The molecule has 0 saturated carbocycles. The summed E-state index contributed by atoms with van der Waals surface area (Å²) in [6.45, 7) is 5.92. The Morgan fingerprint density at radius 2 is 1.74 bits per heavy atom. The van der Waals surface area contributed by atoms with E-state index in [9.17, 15) is 22.8 Å². The highest BCUT2D eigenvalue weighted by atomic mass is 19.4. The predicted molar refractivity (Wildman–Crippen MR) is 139 cm³/mol. The van der Waals surface area contributed by atoms with E-state index in [2.05, 4.69) is 24.1 Å². The average molecular weight is 524 g/mol. The van der Waals surface area contributed by atoms with Gasteiger partial charge in [0.1, 0.15) is 11.8 Å². The molecule has 9 heteroatoms. The van der Waals surface area contributed by atoms with Crippen LogP contribution in [0, 0.1) is 0 Å². The number of hydrogen-bond donors (Lipinski definition) is 1. The molecule has 0 saturated heterocycles. The maximum absolute atomic E-state index is 13.9. The van der Waals surface area contributed by atoms with Crippen LogP contribution in [0.3, 0.4) is 0 Å². The van der Waals surface area contributed by atoms with Gasteiger partial charge in [0.2, 0.25) is 0 Å². The fraction of sp³-hybridized carbons (Fsp3) is 0.310. The summed E-state index contributed by atoms with van der Waals surface area (Å²) in [5, 5.41) is 3.22. The molecule has 5 rings (SSSR count). The summed E-state index contributed by atoms with van der Waals surface area (Å²) in [7, 11) is 0. The van der Waals surface area contributed by atoms with E-state index in [1.54, 1.807) is 18.2 Å². The topological polar surface area (TPSA) is 65.8 Å². The number of fused-ring (bicyclic) bond motifs is 1. The second kappa shape index (κ2) is 10.0. The lowest BCUT2D eigenvalue weighted by Crippen LogP contribution is -2.45. The second-order valence-electron chi connectivity index (χ2n) is 9.42. The van der Waals surface area contributed by atoms with Gasteiger partial charge >= 0.3 is 12.1 Å². The van der Waals surface area contributed by atoms with Gasteiger partial charge in [-0.15, -0.1) is 0 Å². The summed E-state index contributed by atoms with van der Waals surface area (Å²) in [5.41, 5.74) is 3.00. The fourth-order valence-corrected chi connectivity index (χ4v) is 5.45. The Labute approximate surface area is 218 Å². The third-order valence-corrected chi connectivity index (χ3v) is 7.26. The molecule has 198 valence electrons. The molecule has 3 aromatic rings. The minimum atomic E-state index is -5.16. The molecule has 0 spiro atoms. The summed E-state index contributed by atoms with van der Waals surface area (Å²) in [6, 6.07) is 16.0. The molecule has 0 fully saturated rings. The molecule has 2 atom stereocenters. The highest BCUT2D eigenvalue weighted by molar-refractivity contribution is 6.07. The van der Waals surface area contributed by atoms with Crippen LogP contribution >= 0.6 is 0 Å². The summed E-state index contributed by atoms with van der Waals surface area (Å²) >= 11 is 0. The van der Waals surface area contributed by atoms with Crippen LogP contribution in [0.4, 0.5) is 30.2 Å². The van der Waals surface area contributed by atoms with Gasteiger partial charge in [0, 0.05) is 36.5 Å². The third kappa shape index (κ3) is 4.57. The number of ketones is 1. The largest absolute Gasteiger partial charge is 0.471 e. The Kier molecular flexibility index (Phi) is 6.77. The van der Waals surface area contributed by atoms with Crippen LogP contribution in [0.5, 0.6) is 0 Å². The van der Waals surface area contributed by atoms with Gasteiger partial charge in [-0.25, -0.2) is 0 Å². The van der Waals surface area contributed by atoms with Crippen molar-refractivity contribution in [1.29, 1.82) is 0 Å². The van der Waals surface area contributed by atoms with Gasteiger partial charge in [-0.3, -0.25) is 14.5 Å². The molecule has 6 nitrogen and oxygen atoms in total. The number of hydrogen-bond acceptors (Lipinski definition) is 5. The van der Waals surface area contributed by atoms with Crippen LogP contribution in [0.2, 0.25) is 0 Å². The van der Waals surface area contributed by atoms with E-state index in [4.69, 9.17) is 4.42 Å². The number of para-hydroxylation sites is 2. The van der Waals surface area contributed by atoms with Gasteiger partial charge in [-0.1, -0.05) is 24.3 Å². The summed E-state index contributed by atoms with van der Waals surface area (Å²) in [6.07, 6.45) is -3.34. The average Bonchev–Trinajstić information content (AvgIpc) is 3.38. The van der Waals surface area contributed by atoms with E-state index in [0.717, 1.165) is 24.3 Å². The van der Waals surface area contributed by atoms with Gasteiger partial charge in [-0.05, 0) is 68.1 Å². The number of rotatable bonds is 5. The number of nitrogens with one attached hydrogen (secondary N) is 1. The van der Waals surface area contributed by atoms with E-state index >= 15 is 0 Å². The molecule has 1 amide bonds. The number of alkyl halides is 3. The van der Waals surface area contributed by atoms with E-state index in [0.29, 0.717) is 22.7 Å². The van der Waals surface area contributed by atoms with Gasteiger partial charge in [-0.2, -0.15) is 13.2 Å². The number of carbonyl (C=O) groups excluding carboxylic acids is 2. The quantitative estimate of drug-likeness (QED) is 0.409. The van der Waals surface area contributed by atoms with Crippen molar-refractivity contribution in [2.45, 2.75) is 44.8 Å². The number of allylic oxidation sites excluding steroid dienone is 1. The van der Waals surface area contributed by atoms with Crippen LogP contribution in [0.25, 0.3) is 0 Å². The lowest BCUT2D eigenvalue weighted by Gasteiger charge is -2.34. The molecule has 0 bridgehead atoms. The summed E-state index contributed by atoms with van der Waals surface area (Å²) in [5.74, 6) is -2.48. The Balaban J connectivity index is 1.61. The minimum absolute atomic E-state index is 0.0264. The predicted octanol–water partition coefficient (Wildman–Crippen LogP) is 6.59. The molecule has 2 heterocycles. The molecule has 1 aliphatic heterocycles. The number of furan rings is 1. The first-order valence-electron chi connectivity index (χ1n) is 12.6. The molecule has 1 aliphatic carbocycles. The maximum Gasteiger partial charge on any atom is 0.471 e. The van der Waals surface area contributed by atoms with Crippen molar-refractivity contribution >= 4 is 28.8 Å². The van der Waals surface area contributed by atoms with E-state index in [1.807, 2.05) is 24.3 Å². The standard InChI is InChI=1S/C29H28F3N3O3/c1-3-34(4-2)20-13-11-18(12-14-20)19-16-22-26(24(36)17-19)27(25-10-7-15-38-25)35(28(37)29(30,31)32)23-9-6-5-8-21(23)33-22/h5-15,19,27,33H,3-4,16-17H2,1-2H3/t19-,27-/m1/s1. The molecular formula is C29H28F3N3O3. The lowest BCUT2D eigenvalue weighted by molar-refractivity contribution is -0.171. The van der Waals surface area contributed by atoms with Crippen molar-refractivity contribution < 1.29 is 27.2 Å². The smallest absolute Gasteiger partial charge is 0.467 e. The monoisotopic (exact) mass is 523 g/mol. The SMILES string of the molecule is CCN(CC)c1ccc([C@H]2CC(=O)C3=C(C2)Nc2ccccc2N(C(=O)C(F)(F)F)[C@@H]3c2ccco2)cc1. The normalized spacial score (nSPS) is 19.4. The van der Waals surface area contributed by atoms with Crippen LogP contribution in [0.15, 0.2) is 82.6 Å². The molecular weight excluding hydrogens is 495 g/mol. The van der Waals surface area contributed by atoms with Crippen LogP contribution in [0.1, 0.15) is 50.0 Å². The highest BCUT2D eigenvalue weighted by Crippen LogP contribution is 2.48. The van der Waals surface area contributed by atoms with E-state index in [-0.39, 0.29) is 35.1 Å². The van der Waals surface area contributed by atoms with Crippen LogP contribution in [-0.2, 0) is 9.59 Å². The number of nitrogens with zero attached hydrogens (tertiary/aromatic N) is 2. The first-order valence-corrected chi connectivity index (χ1v) is 12.6. The zero-order valence-corrected chi connectivity index (χ0v) is 21.1. The number of halogens is 3. The second-order valence-corrected chi connectivity index (χ2v) is 9.42. The number of carbonyl (C=O) groups is 2. The maximum atomic E-state index is 13.9. The van der Waals surface area contributed by atoms with Gasteiger partial charge < -0.3 is 14.6 Å². The first kappa shape index (κ1) is 25.6. The van der Waals surface area contributed by atoms with Gasteiger partial charge in [0.25, 0.3) is 0 Å². The Morgan fingerprint density at radius 3 is 2.37 bits per heavy atom. The minimum Gasteiger partial charge on any atom is -0.467 e. The molecule has 1 aromatic heterocycles. The Hall–Kier alpha value is -4.01. The lowest BCUT2D eigenvalue weighted by atomic mass is 9.79. The van der Waals surface area contributed by atoms with Crippen molar-refractivity contribution in [3.05, 3.63) is 89.5 Å². The molecule has 1 N–H and O–H groups in total. The molecule has 2 aromatic carbocycles. The number of amides is 1. The van der Waals surface area contributed by atoms with Crippen molar-refractivity contribution in [2.75, 3.05) is 28.2 Å². The molecule has 0 radical (unpaired) electrons. The van der Waals surface area contributed by atoms with Crippen molar-refractivity contribution in [1.82, 2.24) is 0 Å². The number of Topliss-reactive ketones (excluding diaryl/α,β-unsaturated/α-hetero) is 1. The number of benzene rings is 2. The van der Waals surface area contributed by atoms with E-state index in [1.165, 1.54) is 24.5 Å². The Bertz CT molecular complexity index is 1360. The zero-order chi connectivity index (χ0) is 27.0. The summed E-state index contributed by atoms with van der Waals surface area (Å²) < 4.78 is 47.1. The van der Waals surface area contributed by atoms with Gasteiger partial charge in [0.05, 0.1) is 17.6 Å². The highest BCUT2D eigenvalue weighted by Gasteiger charge is 2.50. The fourth-order valence-electron chi connectivity index (χ4n) is 5.45. The zero-order valence-electron chi connectivity index (χ0n) is 21.1. The molecule has 2 aliphatic rings. The van der Waals surface area contributed by atoms with Crippen LogP contribution in [-0.4, -0.2) is 31.0 Å². The van der Waals surface area contributed by atoms with Crippen molar-refractivity contribution in [2.24, 2.45) is 0 Å². The van der Waals surface area contributed by atoms with E-state index < -0.39 is 18.1 Å². The summed E-state index contributed by atoms with van der Waals surface area (Å²) in [4.78, 5) is 29.4. The molecule has 38 heavy (non-hydrogen) atoms. The molecule has 0 unspecified atom stereocenters. The number of anilines is 3. The van der Waals surface area contributed by atoms with Crippen LogP contribution < -0.4 is 15.1 Å². The third-order valence-electron chi connectivity index (χ3n) is 7.26. The van der Waals surface area contributed by atoms with Crippen molar-refractivity contribution in [3.63, 3.8) is 0 Å². The Morgan fingerprint density at radius 1 is 1.03 bits per heavy atom.